The van der Waals surface area contributed by atoms with Crippen LogP contribution in [-0.4, -0.2) is 23.6 Å². The van der Waals surface area contributed by atoms with E-state index in [0.717, 1.165) is 12.2 Å². The van der Waals surface area contributed by atoms with Gasteiger partial charge in [0.25, 0.3) is 5.91 Å². The molecular formula is C19H21NO4. The molecule has 0 radical (unpaired) electrons. The van der Waals surface area contributed by atoms with Crippen LogP contribution >= 0.6 is 0 Å². The summed E-state index contributed by atoms with van der Waals surface area (Å²) in [5.41, 5.74) is 1.05. The van der Waals surface area contributed by atoms with Crippen molar-refractivity contribution in [2.24, 2.45) is 5.92 Å². The molecule has 0 spiro atoms. The highest BCUT2D eigenvalue weighted by molar-refractivity contribution is 6.04. The molecule has 0 unspecified atom stereocenters. The van der Waals surface area contributed by atoms with Crippen molar-refractivity contribution >= 4 is 17.6 Å². The second-order valence-corrected chi connectivity index (χ2v) is 5.90. The SMILES string of the molecule is CC(C)CCOc1ccc(C(=O)Nc2cccc(C(=O)O)c2)cc1. The largest absolute Gasteiger partial charge is 0.494 e. The van der Waals surface area contributed by atoms with E-state index < -0.39 is 5.97 Å². The van der Waals surface area contributed by atoms with E-state index in [-0.39, 0.29) is 11.5 Å². The summed E-state index contributed by atoms with van der Waals surface area (Å²) in [6, 6.07) is 13.0. The van der Waals surface area contributed by atoms with Gasteiger partial charge in [-0.25, -0.2) is 4.79 Å². The molecule has 0 aliphatic carbocycles. The molecule has 24 heavy (non-hydrogen) atoms. The Morgan fingerprint density at radius 3 is 2.42 bits per heavy atom. The number of carbonyl (C=O) groups is 2. The van der Waals surface area contributed by atoms with E-state index >= 15 is 0 Å². The lowest BCUT2D eigenvalue weighted by atomic mass is 10.1. The van der Waals surface area contributed by atoms with Crippen LogP contribution in [-0.2, 0) is 0 Å². The Kier molecular flexibility index (Phi) is 5.95. The van der Waals surface area contributed by atoms with Gasteiger partial charge in [0.2, 0.25) is 0 Å². The van der Waals surface area contributed by atoms with Gasteiger partial charge >= 0.3 is 5.97 Å². The van der Waals surface area contributed by atoms with Crippen molar-refractivity contribution in [3.8, 4) is 5.75 Å². The minimum absolute atomic E-state index is 0.127. The van der Waals surface area contributed by atoms with Crippen molar-refractivity contribution in [2.75, 3.05) is 11.9 Å². The fourth-order valence-corrected chi connectivity index (χ4v) is 2.05. The van der Waals surface area contributed by atoms with Gasteiger partial charge in [0.05, 0.1) is 12.2 Å². The third-order valence-electron chi connectivity index (χ3n) is 3.45. The third kappa shape index (κ3) is 5.12. The minimum Gasteiger partial charge on any atom is -0.494 e. The van der Waals surface area contributed by atoms with Crippen molar-refractivity contribution in [1.82, 2.24) is 0 Å². The number of ether oxygens (including phenoxy) is 1. The van der Waals surface area contributed by atoms with Gasteiger partial charge in [-0.3, -0.25) is 4.79 Å². The molecular weight excluding hydrogens is 306 g/mol. The Bertz CT molecular complexity index is 708. The molecule has 5 nitrogen and oxygen atoms in total. The average molecular weight is 327 g/mol. The first-order valence-corrected chi connectivity index (χ1v) is 7.83. The number of nitrogens with one attached hydrogen (secondary N) is 1. The summed E-state index contributed by atoms with van der Waals surface area (Å²) < 4.78 is 5.61. The molecule has 5 heteroatoms. The Morgan fingerprint density at radius 2 is 1.79 bits per heavy atom. The maximum absolute atomic E-state index is 12.2. The van der Waals surface area contributed by atoms with Gasteiger partial charge in [0.1, 0.15) is 5.75 Å². The molecule has 0 fully saturated rings. The van der Waals surface area contributed by atoms with Crippen LogP contribution in [0.4, 0.5) is 5.69 Å². The van der Waals surface area contributed by atoms with E-state index in [9.17, 15) is 9.59 Å². The molecule has 0 aliphatic rings. The lowest BCUT2D eigenvalue weighted by Crippen LogP contribution is -2.12. The maximum Gasteiger partial charge on any atom is 0.335 e. The highest BCUT2D eigenvalue weighted by atomic mass is 16.5. The molecule has 0 atom stereocenters. The summed E-state index contributed by atoms with van der Waals surface area (Å²) in [7, 11) is 0. The fraction of sp³-hybridized carbons (Fsp3) is 0.263. The van der Waals surface area contributed by atoms with Crippen LogP contribution in [0.1, 0.15) is 41.0 Å². The molecule has 0 saturated carbocycles. The summed E-state index contributed by atoms with van der Waals surface area (Å²) >= 11 is 0. The molecule has 0 bridgehead atoms. The van der Waals surface area contributed by atoms with Crippen molar-refractivity contribution in [3.63, 3.8) is 0 Å². The molecule has 0 aliphatic heterocycles. The number of rotatable bonds is 7. The van der Waals surface area contributed by atoms with Gasteiger partial charge in [0.15, 0.2) is 0 Å². The summed E-state index contributed by atoms with van der Waals surface area (Å²) in [4.78, 5) is 23.2. The summed E-state index contributed by atoms with van der Waals surface area (Å²) in [5, 5.41) is 11.7. The smallest absolute Gasteiger partial charge is 0.335 e. The standard InChI is InChI=1S/C19H21NO4/c1-13(2)10-11-24-17-8-6-14(7-9-17)18(21)20-16-5-3-4-15(12-16)19(22)23/h3-9,12-13H,10-11H2,1-2H3,(H,20,21)(H,22,23). The average Bonchev–Trinajstić information content (AvgIpc) is 2.55. The van der Waals surface area contributed by atoms with Gasteiger partial charge in [-0.2, -0.15) is 0 Å². The number of anilines is 1. The van der Waals surface area contributed by atoms with E-state index in [2.05, 4.69) is 19.2 Å². The van der Waals surface area contributed by atoms with Crippen LogP contribution in [0, 0.1) is 5.92 Å². The third-order valence-corrected chi connectivity index (χ3v) is 3.45. The second kappa shape index (κ2) is 8.15. The zero-order valence-corrected chi connectivity index (χ0v) is 13.8. The Balaban J connectivity index is 1.97. The molecule has 2 aromatic carbocycles. The lowest BCUT2D eigenvalue weighted by molar-refractivity contribution is 0.0696. The molecule has 2 aromatic rings. The molecule has 0 aromatic heterocycles. The summed E-state index contributed by atoms with van der Waals surface area (Å²) in [5.74, 6) is -0.0306. The number of carbonyl (C=O) groups excluding carboxylic acids is 1. The quantitative estimate of drug-likeness (QED) is 0.804. The Morgan fingerprint density at radius 1 is 1.08 bits per heavy atom. The molecule has 126 valence electrons. The normalized spacial score (nSPS) is 10.5. The Hall–Kier alpha value is -2.82. The minimum atomic E-state index is -1.03. The van der Waals surface area contributed by atoms with Crippen LogP contribution in [0.5, 0.6) is 5.75 Å². The molecule has 1 amide bonds. The van der Waals surface area contributed by atoms with E-state index in [1.807, 2.05) is 0 Å². The van der Waals surface area contributed by atoms with Crippen LogP contribution in [0.2, 0.25) is 0 Å². The predicted octanol–water partition coefficient (Wildman–Crippen LogP) is 4.06. The van der Waals surface area contributed by atoms with Crippen LogP contribution in [0.25, 0.3) is 0 Å². The molecule has 0 saturated heterocycles. The second-order valence-electron chi connectivity index (χ2n) is 5.90. The number of carboxylic acids is 1. The van der Waals surface area contributed by atoms with Crippen LogP contribution in [0.15, 0.2) is 48.5 Å². The highest BCUT2D eigenvalue weighted by Gasteiger charge is 2.08. The number of amides is 1. The lowest BCUT2D eigenvalue weighted by Gasteiger charge is -2.09. The molecule has 2 N–H and O–H groups in total. The van der Waals surface area contributed by atoms with E-state index in [4.69, 9.17) is 9.84 Å². The maximum atomic E-state index is 12.2. The zero-order chi connectivity index (χ0) is 17.5. The topological polar surface area (TPSA) is 75.6 Å². The first kappa shape index (κ1) is 17.5. The Labute approximate surface area is 141 Å². The van der Waals surface area contributed by atoms with Crippen molar-refractivity contribution in [2.45, 2.75) is 20.3 Å². The first-order valence-electron chi connectivity index (χ1n) is 7.83. The summed E-state index contributed by atoms with van der Waals surface area (Å²) in [6.07, 6.45) is 0.974. The highest BCUT2D eigenvalue weighted by Crippen LogP contribution is 2.16. The van der Waals surface area contributed by atoms with Crippen molar-refractivity contribution in [1.29, 1.82) is 0 Å². The van der Waals surface area contributed by atoms with Gasteiger partial charge in [-0.05, 0) is 54.8 Å². The van der Waals surface area contributed by atoms with Crippen LogP contribution in [0.3, 0.4) is 0 Å². The number of hydrogen-bond acceptors (Lipinski definition) is 3. The fourth-order valence-electron chi connectivity index (χ4n) is 2.05. The van der Waals surface area contributed by atoms with E-state index in [0.29, 0.717) is 23.8 Å². The molecule has 2 rings (SSSR count). The van der Waals surface area contributed by atoms with Crippen molar-refractivity contribution < 1.29 is 19.4 Å². The van der Waals surface area contributed by atoms with E-state index in [1.165, 1.54) is 12.1 Å². The van der Waals surface area contributed by atoms with Gasteiger partial charge in [0, 0.05) is 11.3 Å². The van der Waals surface area contributed by atoms with E-state index in [1.54, 1.807) is 36.4 Å². The summed E-state index contributed by atoms with van der Waals surface area (Å²) in [6.45, 7) is 4.91. The number of aromatic carboxylic acids is 1. The zero-order valence-electron chi connectivity index (χ0n) is 13.8. The van der Waals surface area contributed by atoms with Gasteiger partial charge < -0.3 is 15.2 Å². The van der Waals surface area contributed by atoms with Gasteiger partial charge in [-0.1, -0.05) is 19.9 Å². The monoisotopic (exact) mass is 327 g/mol. The van der Waals surface area contributed by atoms with Gasteiger partial charge in [-0.15, -0.1) is 0 Å². The number of carboxylic acid groups (broad SMARTS) is 1. The predicted molar refractivity (Wildman–Crippen MR) is 92.7 cm³/mol. The number of benzene rings is 2. The number of hydrogen-bond donors (Lipinski definition) is 2. The molecule has 0 heterocycles. The first-order chi connectivity index (χ1) is 11.5. The van der Waals surface area contributed by atoms with Crippen molar-refractivity contribution in [3.05, 3.63) is 59.7 Å². The van der Waals surface area contributed by atoms with Crippen LogP contribution < -0.4 is 10.1 Å².